The lowest BCUT2D eigenvalue weighted by Crippen LogP contribution is -2.43. The Labute approximate surface area is 166 Å². The van der Waals surface area contributed by atoms with Crippen molar-refractivity contribution in [2.24, 2.45) is 0 Å². The molecule has 0 saturated carbocycles. The third kappa shape index (κ3) is 4.06. The van der Waals surface area contributed by atoms with E-state index in [0.29, 0.717) is 37.3 Å². The lowest BCUT2D eigenvalue weighted by atomic mass is 10.0. The molecule has 1 atom stereocenters. The van der Waals surface area contributed by atoms with Crippen LogP contribution in [0.25, 0.3) is 11.0 Å². The molecule has 2 aromatic carbocycles. The zero-order valence-electron chi connectivity index (χ0n) is 14.9. The van der Waals surface area contributed by atoms with Gasteiger partial charge in [-0.2, -0.15) is 8.75 Å². The number of ether oxygens (including phenoxy) is 1. The Morgan fingerprint density at radius 2 is 1.89 bits per heavy atom. The molecule has 0 radical (unpaired) electrons. The van der Waals surface area contributed by atoms with E-state index in [1.54, 1.807) is 24.3 Å². The van der Waals surface area contributed by atoms with Crippen molar-refractivity contribution in [1.29, 1.82) is 0 Å². The van der Waals surface area contributed by atoms with Gasteiger partial charge in [0.2, 0.25) is 10.0 Å². The van der Waals surface area contributed by atoms with Gasteiger partial charge in [-0.25, -0.2) is 17.5 Å². The van der Waals surface area contributed by atoms with Gasteiger partial charge in [-0.05, 0) is 29.8 Å². The summed E-state index contributed by atoms with van der Waals surface area (Å²) in [6.45, 7) is 2.66. The van der Waals surface area contributed by atoms with Crippen LogP contribution in [0.3, 0.4) is 0 Å². The number of morpholine rings is 1. The number of rotatable bonds is 6. The van der Waals surface area contributed by atoms with Crippen LogP contribution in [0.2, 0.25) is 0 Å². The number of hydrogen-bond donors (Lipinski definition) is 1. The van der Waals surface area contributed by atoms with E-state index in [2.05, 4.69) is 18.4 Å². The van der Waals surface area contributed by atoms with Crippen LogP contribution in [0, 0.1) is 5.82 Å². The van der Waals surface area contributed by atoms with Gasteiger partial charge in [-0.15, -0.1) is 0 Å². The molecular weight excluding hydrogens is 403 g/mol. The maximum atomic E-state index is 13.3. The Morgan fingerprint density at radius 3 is 2.64 bits per heavy atom. The van der Waals surface area contributed by atoms with Gasteiger partial charge in [0.1, 0.15) is 21.7 Å². The van der Waals surface area contributed by atoms with Gasteiger partial charge in [-0.1, -0.05) is 18.2 Å². The molecule has 1 aromatic heterocycles. The zero-order valence-corrected chi connectivity index (χ0v) is 16.5. The topological polar surface area (TPSA) is 84.4 Å². The molecule has 3 aromatic rings. The van der Waals surface area contributed by atoms with Gasteiger partial charge in [0.25, 0.3) is 0 Å². The minimum absolute atomic E-state index is 0.110. The molecule has 10 heteroatoms. The van der Waals surface area contributed by atoms with E-state index in [0.717, 1.165) is 17.3 Å². The summed E-state index contributed by atoms with van der Waals surface area (Å²) in [6, 6.07) is 10.8. The third-order valence-corrected chi connectivity index (χ3v) is 6.74. The van der Waals surface area contributed by atoms with Gasteiger partial charge in [0, 0.05) is 25.7 Å². The number of aromatic nitrogens is 2. The Hall–Kier alpha value is -1.98. The molecule has 0 aliphatic carbocycles. The number of benzene rings is 2. The summed E-state index contributed by atoms with van der Waals surface area (Å²) < 4.78 is 55.5. The fourth-order valence-electron chi connectivity index (χ4n) is 3.30. The largest absolute Gasteiger partial charge is 0.379 e. The predicted molar refractivity (Wildman–Crippen MR) is 104 cm³/mol. The fraction of sp³-hybridized carbons (Fsp3) is 0.333. The summed E-state index contributed by atoms with van der Waals surface area (Å²) in [4.78, 5) is 2.25. The van der Waals surface area contributed by atoms with Crippen molar-refractivity contribution in [1.82, 2.24) is 18.4 Å². The highest BCUT2D eigenvalue weighted by atomic mass is 32.2. The van der Waals surface area contributed by atoms with E-state index in [-0.39, 0.29) is 23.3 Å². The van der Waals surface area contributed by atoms with E-state index in [9.17, 15) is 12.8 Å². The maximum absolute atomic E-state index is 13.3. The molecule has 4 rings (SSSR count). The Balaban J connectivity index is 1.59. The second-order valence-electron chi connectivity index (χ2n) is 6.46. The summed E-state index contributed by atoms with van der Waals surface area (Å²) in [5, 5.41) is 0. The van der Waals surface area contributed by atoms with E-state index >= 15 is 0 Å². The van der Waals surface area contributed by atoms with Crippen LogP contribution in [-0.4, -0.2) is 54.9 Å². The summed E-state index contributed by atoms with van der Waals surface area (Å²) >= 11 is 0.979. The van der Waals surface area contributed by atoms with Crippen molar-refractivity contribution in [2.45, 2.75) is 10.9 Å². The van der Waals surface area contributed by atoms with Crippen molar-refractivity contribution in [3.8, 4) is 0 Å². The smallest absolute Gasteiger partial charge is 0.242 e. The number of nitrogens with one attached hydrogen (secondary N) is 1. The van der Waals surface area contributed by atoms with Crippen LogP contribution in [0.1, 0.15) is 11.6 Å². The van der Waals surface area contributed by atoms with Crippen molar-refractivity contribution in [3.05, 3.63) is 53.8 Å². The summed E-state index contributed by atoms with van der Waals surface area (Å²) in [5.74, 6) is -0.326. The van der Waals surface area contributed by atoms with E-state index < -0.39 is 10.0 Å². The number of halogens is 1. The molecule has 1 aliphatic rings. The molecule has 1 saturated heterocycles. The van der Waals surface area contributed by atoms with Crippen LogP contribution in [0.5, 0.6) is 0 Å². The first-order valence-corrected chi connectivity index (χ1v) is 11.0. The second kappa shape index (κ2) is 8.18. The van der Waals surface area contributed by atoms with Gasteiger partial charge in [-0.3, -0.25) is 4.90 Å². The fourth-order valence-corrected chi connectivity index (χ4v) is 5.10. The SMILES string of the molecule is O=S(=O)(NCC(c1ccc(F)cc1)N1CCOCC1)c1cccc2nsnc12. The van der Waals surface area contributed by atoms with Gasteiger partial charge in [0.05, 0.1) is 24.9 Å². The van der Waals surface area contributed by atoms with Gasteiger partial charge >= 0.3 is 0 Å². The van der Waals surface area contributed by atoms with Gasteiger partial charge < -0.3 is 4.74 Å². The first-order valence-electron chi connectivity index (χ1n) is 8.83. The van der Waals surface area contributed by atoms with Crippen LogP contribution >= 0.6 is 11.7 Å². The molecule has 7 nitrogen and oxygen atoms in total. The number of fused-ring (bicyclic) bond motifs is 1. The van der Waals surface area contributed by atoms with Crippen LogP contribution in [0.4, 0.5) is 4.39 Å². The van der Waals surface area contributed by atoms with E-state index in [1.807, 2.05) is 0 Å². The Kier molecular flexibility index (Phi) is 5.65. The quantitative estimate of drug-likeness (QED) is 0.656. The highest BCUT2D eigenvalue weighted by Gasteiger charge is 2.26. The predicted octanol–water partition coefficient (Wildman–Crippen LogP) is 2.18. The van der Waals surface area contributed by atoms with Gasteiger partial charge in [0.15, 0.2) is 0 Å². The normalized spacial score (nSPS) is 17.0. The minimum atomic E-state index is -3.78. The molecule has 2 heterocycles. The van der Waals surface area contributed by atoms with E-state index in [1.165, 1.54) is 18.2 Å². The number of sulfonamides is 1. The Morgan fingerprint density at radius 1 is 1.14 bits per heavy atom. The standard InChI is InChI=1S/C18H19FN4O3S2/c19-14-6-4-13(5-7-14)16(23-8-10-26-11-9-23)12-20-28(24,25)17-3-1-2-15-18(17)22-27-21-15/h1-7,16,20H,8-12H2. The van der Waals surface area contributed by atoms with Crippen molar-refractivity contribution < 1.29 is 17.5 Å². The highest BCUT2D eigenvalue weighted by Crippen LogP contribution is 2.24. The average Bonchev–Trinajstić information content (AvgIpc) is 3.19. The minimum Gasteiger partial charge on any atom is -0.379 e. The second-order valence-corrected chi connectivity index (χ2v) is 8.72. The van der Waals surface area contributed by atoms with Crippen LogP contribution < -0.4 is 4.72 Å². The number of hydrogen-bond acceptors (Lipinski definition) is 7. The van der Waals surface area contributed by atoms with E-state index in [4.69, 9.17) is 4.74 Å². The zero-order chi connectivity index (χ0) is 19.6. The third-order valence-electron chi connectivity index (χ3n) is 4.75. The maximum Gasteiger partial charge on any atom is 0.242 e. The van der Waals surface area contributed by atoms with Crippen LogP contribution in [-0.2, 0) is 14.8 Å². The molecule has 148 valence electrons. The highest BCUT2D eigenvalue weighted by molar-refractivity contribution is 7.89. The monoisotopic (exact) mass is 422 g/mol. The lowest BCUT2D eigenvalue weighted by molar-refractivity contribution is 0.0172. The molecule has 0 amide bonds. The van der Waals surface area contributed by atoms with Crippen molar-refractivity contribution >= 4 is 32.8 Å². The molecule has 1 N–H and O–H groups in total. The molecule has 1 unspecified atom stereocenters. The molecular formula is C18H19FN4O3S2. The molecule has 0 spiro atoms. The molecule has 1 fully saturated rings. The summed E-state index contributed by atoms with van der Waals surface area (Å²) in [5.41, 5.74) is 1.76. The lowest BCUT2D eigenvalue weighted by Gasteiger charge is -2.34. The molecule has 0 bridgehead atoms. The Bertz CT molecular complexity index is 1050. The number of nitrogens with zero attached hydrogens (tertiary/aromatic N) is 3. The van der Waals surface area contributed by atoms with Crippen molar-refractivity contribution in [3.63, 3.8) is 0 Å². The summed E-state index contributed by atoms with van der Waals surface area (Å²) in [7, 11) is -3.78. The van der Waals surface area contributed by atoms with Crippen LogP contribution in [0.15, 0.2) is 47.4 Å². The average molecular weight is 423 g/mol. The summed E-state index contributed by atoms with van der Waals surface area (Å²) in [6.07, 6.45) is 0. The first-order chi connectivity index (χ1) is 13.5. The molecule has 28 heavy (non-hydrogen) atoms. The van der Waals surface area contributed by atoms with Crippen molar-refractivity contribution in [2.75, 3.05) is 32.8 Å². The molecule has 1 aliphatic heterocycles. The first kappa shape index (κ1) is 19.3.